The number of non-ortho nitro benzene ring substituents is 1. The number of nitro groups is 1. The number of nitriles is 1. The van der Waals surface area contributed by atoms with Crippen molar-refractivity contribution in [1.82, 2.24) is 9.38 Å². The lowest BCUT2D eigenvalue weighted by Crippen LogP contribution is -2.09. The Morgan fingerprint density at radius 1 is 1.40 bits per heavy atom. The lowest BCUT2D eigenvalue weighted by molar-refractivity contribution is -0.384. The molecule has 0 spiro atoms. The van der Waals surface area contributed by atoms with E-state index in [0.717, 1.165) is 0 Å². The third kappa shape index (κ3) is 2.73. The maximum absolute atomic E-state index is 13.0. The molecule has 2 aromatic heterocycles. The molecule has 0 radical (unpaired) electrons. The molecule has 0 atom stereocenters. The van der Waals surface area contributed by atoms with Gasteiger partial charge in [-0.25, -0.2) is 4.98 Å². The molecule has 2 heterocycles. The number of fused-ring (bicyclic) bond motifs is 1. The molecule has 0 unspecified atom stereocenters. The SMILES string of the molecule is CSc1c(C#N)c(Cl)n2ccnc2c1C(=O)c1ccc([N+](=O)[O-])cc1. The highest BCUT2D eigenvalue weighted by Gasteiger charge is 2.25. The van der Waals surface area contributed by atoms with E-state index in [9.17, 15) is 20.2 Å². The van der Waals surface area contributed by atoms with Gasteiger partial charge in [-0.2, -0.15) is 5.26 Å². The van der Waals surface area contributed by atoms with E-state index >= 15 is 0 Å². The molecule has 9 heteroatoms. The predicted molar refractivity (Wildman–Crippen MR) is 93.2 cm³/mol. The van der Waals surface area contributed by atoms with Gasteiger partial charge in [-0.15, -0.1) is 11.8 Å². The number of benzene rings is 1. The van der Waals surface area contributed by atoms with Crippen LogP contribution in [0.5, 0.6) is 0 Å². The standard InChI is InChI=1S/C16H9ClN4O3S/c1-25-14-11(8-18)15(17)20-7-6-19-16(20)12(14)13(22)9-2-4-10(5-3-9)21(23)24/h2-7H,1H3. The number of imidazole rings is 1. The minimum Gasteiger partial charge on any atom is -0.288 e. The average molecular weight is 373 g/mol. The zero-order valence-corrected chi connectivity index (χ0v) is 14.3. The van der Waals surface area contributed by atoms with Crippen molar-refractivity contribution >= 4 is 40.5 Å². The molecular weight excluding hydrogens is 364 g/mol. The topological polar surface area (TPSA) is 101 Å². The molecule has 3 aromatic rings. The molecule has 25 heavy (non-hydrogen) atoms. The Morgan fingerprint density at radius 3 is 2.64 bits per heavy atom. The van der Waals surface area contributed by atoms with Gasteiger partial charge in [0.1, 0.15) is 22.4 Å². The quantitative estimate of drug-likeness (QED) is 0.227. The molecule has 0 saturated carbocycles. The van der Waals surface area contributed by atoms with Crippen LogP contribution in [-0.4, -0.2) is 26.3 Å². The largest absolute Gasteiger partial charge is 0.288 e. The van der Waals surface area contributed by atoms with Gasteiger partial charge in [0.05, 0.1) is 10.5 Å². The molecule has 1 aromatic carbocycles. The molecule has 3 rings (SSSR count). The van der Waals surface area contributed by atoms with Crippen LogP contribution in [0.4, 0.5) is 5.69 Å². The second kappa shape index (κ2) is 6.55. The average Bonchev–Trinajstić information content (AvgIpc) is 3.10. The van der Waals surface area contributed by atoms with Gasteiger partial charge in [-0.3, -0.25) is 19.3 Å². The number of rotatable bonds is 4. The Hall–Kier alpha value is -2.89. The van der Waals surface area contributed by atoms with E-state index in [4.69, 9.17) is 11.6 Å². The number of nitro benzene ring substituents is 1. The summed E-state index contributed by atoms with van der Waals surface area (Å²) in [6.45, 7) is 0. The molecule has 0 aliphatic carbocycles. The normalized spacial score (nSPS) is 10.6. The Balaban J connectivity index is 2.25. The lowest BCUT2D eigenvalue weighted by atomic mass is 10.0. The Morgan fingerprint density at radius 2 is 2.08 bits per heavy atom. The van der Waals surface area contributed by atoms with Crippen molar-refractivity contribution in [3.8, 4) is 6.07 Å². The summed E-state index contributed by atoms with van der Waals surface area (Å²) >= 11 is 7.47. The first-order chi connectivity index (χ1) is 12.0. The first-order valence-corrected chi connectivity index (χ1v) is 8.51. The van der Waals surface area contributed by atoms with Crippen molar-refractivity contribution in [2.24, 2.45) is 0 Å². The van der Waals surface area contributed by atoms with Crippen LogP contribution >= 0.6 is 23.4 Å². The van der Waals surface area contributed by atoms with Crippen LogP contribution in [0.2, 0.25) is 5.15 Å². The summed E-state index contributed by atoms with van der Waals surface area (Å²) < 4.78 is 1.47. The molecular formula is C16H9ClN4O3S. The summed E-state index contributed by atoms with van der Waals surface area (Å²) in [4.78, 5) is 27.8. The second-order valence-corrected chi connectivity index (χ2v) is 6.11. The van der Waals surface area contributed by atoms with E-state index in [1.165, 1.54) is 46.6 Å². The maximum atomic E-state index is 13.0. The molecule has 0 saturated heterocycles. The molecule has 0 fully saturated rings. The number of carbonyl (C=O) groups is 1. The van der Waals surface area contributed by atoms with Gasteiger partial charge in [0.15, 0.2) is 5.78 Å². The van der Waals surface area contributed by atoms with Crippen LogP contribution < -0.4 is 0 Å². The molecule has 0 N–H and O–H groups in total. The zero-order valence-electron chi connectivity index (χ0n) is 12.8. The Kier molecular flexibility index (Phi) is 4.44. The van der Waals surface area contributed by atoms with Gasteiger partial charge in [-0.1, -0.05) is 11.6 Å². The Labute approximate surface area is 151 Å². The zero-order chi connectivity index (χ0) is 18.1. The Bertz CT molecular complexity index is 1050. The van der Waals surface area contributed by atoms with E-state index < -0.39 is 4.92 Å². The van der Waals surface area contributed by atoms with Crippen molar-refractivity contribution in [2.75, 3.05) is 6.26 Å². The van der Waals surface area contributed by atoms with Crippen LogP contribution in [0, 0.1) is 21.4 Å². The van der Waals surface area contributed by atoms with Crippen molar-refractivity contribution in [2.45, 2.75) is 4.90 Å². The van der Waals surface area contributed by atoms with Gasteiger partial charge in [-0.05, 0) is 18.4 Å². The first-order valence-electron chi connectivity index (χ1n) is 6.91. The fourth-order valence-electron chi connectivity index (χ4n) is 2.47. The number of nitrogens with zero attached hydrogens (tertiary/aromatic N) is 4. The highest BCUT2D eigenvalue weighted by Crippen LogP contribution is 2.34. The smallest absolute Gasteiger partial charge is 0.269 e. The monoisotopic (exact) mass is 372 g/mol. The van der Waals surface area contributed by atoms with Crippen molar-refractivity contribution < 1.29 is 9.72 Å². The minimum absolute atomic E-state index is 0.110. The molecule has 0 amide bonds. The van der Waals surface area contributed by atoms with Crippen LogP contribution in [0.1, 0.15) is 21.5 Å². The number of aromatic nitrogens is 2. The molecule has 7 nitrogen and oxygen atoms in total. The van der Waals surface area contributed by atoms with E-state index in [2.05, 4.69) is 4.98 Å². The lowest BCUT2D eigenvalue weighted by Gasteiger charge is -2.12. The number of hydrogen-bond donors (Lipinski definition) is 0. The number of hydrogen-bond acceptors (Lipinski definition) is 6. The molecule has 0 aliphatic rings. The van der Waals surface area contributed by atoms with E-state index in [1.54, 1.807) is 12.5 Å². The summed E-state index contributed by atoms with van der Waals surface area (Å²) in [6, 6.07) is 7.30. The highest BCUT2D eigenvalue weighted by atomic mass is 35.5. The van der Waals surface area contributed by atoms with Crippen LogP contribution in [-0.2, 0) is 0 Å². The maximum Gasteiger partial charge on any atom is 0.269 e. The van der Waals surface area contributed by atoms with Gasteiger partial charge < -0.3 is 0 Å². The van der Waals surface area contributed by atoms with Gasteiger partial charge in [0.25, 0.3) is 5.69 Å². The van der Waals surface area contributed by atoms with Gasteiger partial charge >= 0.3 is 0 Å². The number of carbonyl (C=O) groups excluding carboxylic acids is 1. The third-order valence-electron chi connectivity index (χ3n) is 3.62. The van der Waals surface area contributed by atoms with Crippen LogP contribution in [0.15, 0.2) is 41.6 Å². The van der Waals surface area contributed by atoms with E-state index in [1.807, 2.05) is 6.07 Å². The second-order valence-electron chi connectivity index (χ2n) is 4.94. The third-order valence-corrected chi connectivity index (χ3v) is 4.81. The van der Waals surface area contributed by atoms with Gasteiger partial charge in [0.2, 0.25) is 0 Å². The summed E-state index contributed by atoms with van der Waals surface area (Å²) in [5.74, 6) is -0.386. The van der Waals surface area contributed by atoms with Crippen molar-refractivity contribution in [1.29, 1.82) is 5.26 Å². The van der Waals surface area contributed by atoms with Gasteiger partial charge in [0, 0.05) is 35.0 Å². The summed E-state index contributed by atoms with van der Waals surface area (Å²) in [6.07, 6.45) is 4.78. The highest BCUT2D eigenvalue weighted by molar-refractivity contribution is 7.98. The predicted octanol–water partition coefficient (Wildman–Crippen LogP) is 3.72. The summed E-state index contributed by atoms with van der Waals surface area (Å²) in [5, 5.41) is 20.4. The fourth-order valence-corrected chi connectivity index (χ4v) is 3.54. The minimum atomic E-state index is -0.537. The summed E-state index contributed by atoms with van der Waals surface area (Å²) in [5.41, 5.74) is 0.910. The molecule has 124 valence electrons. The molecule has 0 aliphatic heterocycles. The number of halogens is 1. The van der Waals surface area contributed by atoms with Crippen LogP contribution in [0.25, 0.3) is 5.65 Å². The van der Waals surface area contributed by atoms with E-state index in [0.29, 0.717) is 10.5 Å². The summed E-state index contributed by atoms with van der Waals surface area (Å²) in [7, 11) is 0. The van der Waals surface area contributed by atoms with Crippen molar-refractivity contribution in [3.05, 3.63) is 68.6 Å². The first kappa shape index (κ1) is 17.0. The fraction of sp³-hybridized carbons (Fsp3) is 0.0625. The van der Waals surface area contributed by atoms with E-state index in [-0.39, 0.29) is 33.3 Å². The number of pyridine rings is 1. The number of ketones is 1. The van der Waals surface area contributed by atoms with Crippen LogP contribution in [0.3, 0.4) is 0 Å². The number of thioether (sulfide) groups is 1. The molecule has 0 bridgehead atoms. The van der Waals surface area contributed by atoms with Crippen molar-refractivity contribution in [3.63, 3.8) is 0 Å².